The van der Waals surface area contributed by atoms with Gasteiger partial charge in [0.2, 0.25) is 11.8 Å². The Labute approximate surface area is 89.2 Å². The van der Waals surface area contributed by atoms with Crippen LogP contribution in [0.4, 0.5) is 0 Å². The normalized spacial score (nSPS) is 31.5. The van der Waals surface area contributed by atoms with Crippen molar-refractivity contribution in [1.82, 2.24) is 9.80 Å². The Hall–Kier alpha value is -1.10. The molecule has 1 unspecified atom stereocenters. The number of carbonyl (C=O) groups is 2. The average molecular weight is 211 g/mol. The van der Waals surface area contributed by atoms with Gasteiger partial charge in [-0.3, -0.25) is 9.59 Å². The van der Waals surface area contributed by atoms with E-state index in [1.54, 1.807) is 16.8 Å². The third-order valence-electron chi connectivity index (χ3n) is 3.23. The summed E-state index contributed by atoms with van der Waals surface area (Å²) >= 11 is 0. The van der Waals surface area contributed by atoms with Crippen molar-refractivity contribution in [3.05, 3.63) is 0 Å². The van der Waals surface area contributed by atoms with Crippen molar-refractivity contribution in [2.75, 3.05) is 26.7 Å². The molecule has 2 atom stereocenters. The molecule has 2 aliphatic rings. The van der Waals surface area contributed by atoms with Gasteiger partial charge in [-0.1, -0.05) is 0 Å². The summed E-state index contributed by atoms with van der Waals surface area (Å²) in [5, 5.41) is 0. The molecule has 2 saturated heterocycles. The second kappa shape index (κ2) is 3.81. The molecule has 84 valence electrons. The van der Waals surface area contributed by atoms with Crippen molar-refractivity contribution in [2.45, 2.75) is 18.9 Å². The maximum atomic E-state index is 12.0. The highest BCUT2D eigenvalue weighted by atomic mass is 16.2. The minimum absolute atomic E-state index is 0.0665. The molecular weight excluding hydrogens is 194 g/mol. The number of nitrogens with zero attached hydrogens (tertiary/aromatic N) is 2. The standard InChI is InChI=1S/C10H17N3O2/c1-12-5-7(4-9(12)14)10(15)13-3-2-8(11)6-13/h7-8H,2-6,11H2,1H3/t7?,8-/m1/s1. The van der Waals surface area contributed by atoms with E-state index in [1.807, 2.05) is 0 Å². The fourth-order valence-corrected chi connectivity index (χ4v) is 2.27. The Morgan fingerprint density at radius 3 is 2.67 bits per heavy atom. The molecule has 0 aromatic carbocycles. The van der Waals surface area contributed by atoms with Crippen LogP contribution < -0.4 is 5.73 Å². The molecule has 0 aromatic heterocycles. The first kappa shape index (κ1) is 10.4. The zero-order valence-corrected chi connectivity index (χ0v) is 8.98. The van der Waals surface area contributed by atoms with Gasteiger partial charge in [0.25, 0.3) is 0 Å². The van der Waals surface area contributed by atoms with Crippen LogP contribution in [0.15, 0.2) is 0 Å². The smallest absolute Gasteiger partial charge is 0.228 e. The largest absolute Gasteiger partial charge is 0.345 e. The first-order valence-electron chi connectivity index (χ1n) is 5.36. The maximum absolute atomic E-state index is 12.0. The van der Waals surface area contributed by atoms with Gasteiger partial charge in [0.05, 0.1) is 5.92 Å². The van der Waals surface area contributed by atoms with Gasteiger partial charge < -0.3 is 15.5 Å². The number of hydrogen-bond donors (Lipinski definition) is 1. The van der Waals surface area contributed by atoms with Crippen molar-refractivity contribution in [3.8, 4) is 0 Å². The Kier molecular flexibility index (Phi) is 2.65. The van der Waals surface area contributed by atoms with E-state index in [4.69, 9.17) is 5.73 Å². The first-order valence-corrected chi connectivity index (χ1v) is 5.36. The maximum Gasteiger partial charge on any atom is 0.228 e. The molecule has 2 aliphatic heterocycles. The lowest BCUT2D eigenvalue weighted by molar-refractivity contribution is -0.134. The summed E-state index contributed by atoms with van der Waals surface area (Å²) in [5.41, 5.74) is 5.74. The molecule has 0 spiro atoms. The molecular formula is C10H17N3O2. The Morgan fingerprint density at radius 2 is 2.20 bits per heavy atom. The minimum atomic E-state index is -0.146. The average Bonchev–Trinajstić information content (AvgIpc) is 2.74. The van der Waals surface area contributed by atoms with E-state index in [2.05, 4.69) is 0 Å². The lowest BCUT2D eigenvalue weighted by atomic mass is 10.1. The summed E-state index contributed by atoms with van der Waals surface area (Å²) in [5.74, 6) is 0.0188. The van der Waals surface area contributed by atoms with E-state index >= 15 is 0 Å². The predicted octanol–water partition coefficient (Wildman–Crippen LogP) is -0.976. The van der Waals surface area contributed by atoms with E-state index in [0.717, 1.165) is 13.0 Å². The number of amides is 2. The summed E-state index contributed by atoms with van der Waals surface area (Å²) in [6.45, 7) is 1.95. The van der Waals surface area contributed by atoms with E-state index in [0.29, 0.717) is 19.5 Å². The van der Waals surface area contributed by atoms with Gasteiger partial charge in [-0.15, -0.1) is 0 Å². The van der Waals surface area contributed by atoms with E-state index < -0.39 is 0 Å². The molecule has 15 heavy (non-hydrogen) atoms. The molecule has 5 heteroatoms. The van der Waals surface area contributed by atoms with Crippen LogP contribution in [-0.4, -0.2) is 54.3 Å². The Balaban J connectivity index is 1.94. The highest BCUT2D eigenvalue weighted by Crippen LogP contribution is 2.20. The second-order valence-electron chi connectivity index (χ2n) is 4.51. The summed E-state index contributed by atoms with van der Waals surface area (Å²) in [6.07, 6.45) is 1.24. The third kappa shape index (κ3) is 1.97. The predicted molar refractivity (Wildman–Crippen MR) is 54.9 cm³/mol. The third-order valence-corrected chi connectivity index (χ3v) is 3.23. The van der Waals surface area contributed by atoms with Crippen LogP contribution in [0.1, 0.15) is 12.8 Å². The molecule has 2 fully saturated rings. The molecule has 0 aromatic rings. The lowest BCUT2D eigenvalue weighted by Crippen LogP contribution is -2.37. The quantitative estimate of drug-likeness (QED) is 0.606. The molecule has 0 aliphatic carbocycles. The van der Waals surface area contributed by atoms with Crippen LogP contribution in [0, 0.1) is 5.92 Å². The summed E-state index contributed by atoms with van der Waals surface area (Å²) in [7, 11) is 1.74. The van der Waals surface area contributed by atoms with Gasteiger partial charge in [-0.05, 0) is 6.42 Å². The summed E-state index contributed by atoms with van der Waals surface area (Å²) in [4.78, 5) is 26.7. The monoisotopic (exact) mass is 211 g/mol. The molecule has 0 saturated carbocycles. The molecule has 2 heterocycles. The molecule has 5 nitrogen and oxygen atoms in total. The highest BCUT2D eigenvalue weighted by molar-refractivity contribution is 5.89. The Morgan fingerprint density at radius 1 is 1.47 bits per heavy atom. The SMILES string of the molecule is CN1CC(C(=O)N2CC[C@@H](N)C2)CC1=O. The van der Waals surface area contributed by atoms with E-state index in [9.17, 15) is 9.59 Å². The fraction of sp³-hybridized carbons (Fsp3) is 0.800. The molecule has 2 N–H and O–H groups in total. The summed E-state index contributed by atoms with van der Waals surface area (Å²) < 4.78 is 0. The van der Waals surface area contributed by atoms with Crippen LogP contribution in [0.5, 0.6) is 0 Å². The highest BCUT2D eigenvalue weighted by Gasteiger charge is 2.36. The lowest BCUT2D eigenvalue weighted by Gasteiger charge is -2.19. The van der Waals surface area contributed by atoms with Crippen molar-refractivity contribution in [1.29, 1.82) is 0 Å². The molecule has 0 bridgehead atoms. The summed E-state index contributed by atoms with van der Waals surface area (Å²) in [6, 6.07) is 0.115. The molecule has 2 rings (SSSR count). The first-order chi connectivity index (χ1) is 7.08. The van der Waals surface area contributed by atoms with Crippen LogP contribution in [-0.2, 0) is 9.59 Å². The number of likely N-dealkylation sites (tertiary alicyclic amines) is 2. The van der Waals surface area contributed by atoms with E-state index in [1.165, 1.54) is 0 Å². The molecule has 2 amide bonds. The number of rotatable bonds is 1. The van der Waals surface area contributed by atoms with Gasteiger partial charge in [-0.25, -0.2) is 0 Å². The number of carbonyl (C=O) groups excluding carboxylic acids is 2. The minimum Gasteiger partial charge on any atom is -0.345 e. The van der Waals surface area contributed by atoms with Crippen LogP contribution in [0.3, 0.4) is 0 Å². The van der Waals surface area contributed by atoms with Crippen molar-refractivity contribution < 1.29 is 9.59 Å². The van der Waals surface area contributed by atoms with Gasteiger partial charge in [0.15, 0.2) is 0 Å². The zero-order valence-electron chi connectivity index (χ0n) is 8.98. The van der Waals surface area contributed by atoms with Gasteiger partial charge in [-0.2, -0.15) is 0 Å². The second-order valence-corrected chi connectivity index (χ2v) is 4.51. The van der Waals surface area contributed by atoms with Crippen LogP contribution in [0.2, 0.25) is 0 Å². The van der Waals surface area contributed by atoms with Gasteiger partial charge >= 0.3 is 0 Å². The number of nitrogens with two attached hydrogens (primary N) is 1. The van der Waals surface area contributed by atoms with Crippen molar-refractivity contribution in [2.24, 2.45) is 11.7 Å². The van der Waals surface area contributed by atoms with Crippen molar-refractivity contribution in [3.63, 3.8) is 0 Å². The zero-order chi connectivity index (χ0) is 11.0. The van der Waals surface area contributed by atoms with Crippen LogP contribution in [0.25, 0.3) is 0 Å². The molecule has 0 radical (unpaired) electrons. The van der Waals surface area contributed by atoms with Crippen molar-refractivity contribution >= 4 is 11.8 Å². The van der Waals surface area contributed by atoms with Gasteiger partial charge in [0, 0.05) is 39.1 Å². The van der Waals surface area contributed by atoms with Crippen LogP contribution >= 0.6 is 0 Å². The van der Waals surface area contributed by atoms with Gasteiger partial charge in [0.1, 0.15) is 0 Å². The van der Waals surface area contributed by atoms with E-state index in [-0.39, 0.29) is 23.8 Å². The fourth-order valence-electron chi connectivity index (χ4n) is 2.27. The number of hydrogen-bond acceptors (Lipinski definition) is 3. The topological polar surface area (TPSA) is 66.6 Å². The Bertz CT molecular complexity index is 292.